The molecule has 1 rings (SSSR count). The van der Waals surface area contributed by atoms with E-state index in [-0.39, 0.29) is 20.9 Å². The van der Waals surface area contributed by atoms with Gasteiger partial charge in [-0.2, -0.15) is 4.31 Å². The molecule has 1 N–H and O–H groups in total. The van der Waals surface area contributed by atoms with Crippen LogP contribution in [0.3, 0.4) is 0 Å². The number of carboxylic acid groups (broad SMARTS) is 1. The molecule has 0 heterocycles. The normalized spacial score (nSPS) is 13.8. The van der Waals surface area contributed by atoms with Crippen molar-refractivity contribution >= 4 is 39.2 Å². The van der Waals surface area contributed by atoms with E-state index in [4.69, 9.17) is 23.2 Å². The molecule has 0 radical (unpaired) electrons. The van der Waals surface area contributed by atoms with Crippen molar-refractivity contribution < 1.29 is 18.3 Å². The molecule has 0 aliphatic rings. The lowest BCUT2D eigenvalue weighted by Crippen LogP contribution is -2.45. The summed E-state index contributed by atoms with van der Waals surface area (Å²) in [5.74, 6) is -1.60. The molecule has 8 heteroatoms. The third-order valence-electron chi connectivity index (χ3n) is 2.79. The Kier molecular flexibility index (Phi) is 5.43. The summed E-state index contributed by atoms with van der Waals surface area (Å²) >= 11 is 11.6. The lowest BCUT2D eigenvalue weighted by atomic mass is 10.1. The highest BCUT2D eigenvalue weighted by molar-refractivity contribution is 7.89. The van der Waals surface area contributed by atoms with E-state index < -0.39 is 22.0 Å². The predicted octanol–water partition coefficient (Wildman–Crippen LogP) is 2.72. The van der Waals surface area contributed by atoms with Crippen LogP contribution in [0.25, 0.3) is 0 Å². The molecule has 5 nitrogen and oxygen atoms in total. The molecule has 1 atom stereocenters. The fraction of sp³-hybridized carbons (Fsp3) is 0.417. The molecule has 112 valence electrons. The minimum atomic E-state index is -3.99. The van der Waals surface area contributed by atoms with Crippen molar-refractivity contribution in [1.82, 2.24) is 4.31 Å². The van der Waals surface area contributed by atoms with Crippen molar-refractivity contribution in [2.24, 2.45) is 5.92 Å². The second kappa shape index (κ2) is 6.30. The SMILES string of the molecule is CC(C)[C@@H](C(=O)O)N(C)S(=O)(=O)c1cc(Cl)cc(Cl)c1. The van der Waals surface area contributed by atoms with E-state index in [0.717, 1.165) is 4.31 Å². The van der Waals surface area contributed by atoms with Crippen molar-refractivity contribution in [1.29, 1.82) is 0 Å². The minimum absolute atomic E-state index is 0.135. The number of carbonyl (C=O) groups is 1. The first kappa shape index (κ1) is 17.2. The Bertz CT molecular complexity index is 596. The second-order valence-electron chi connectivity index (χ2n) is 4.65. The second-order valence-corrected chi connectivity index (χ2v) is 7.52. The highest BCUT2D eigenvalue weighted by atomic mass is 35.5. The zero-order valence-corrected chi connectivity index (χ0v) is 13.5. The van der Waals surface area contributed by atoms with Crippen molar-refractivity contribution in [2.75, 3.05) is 7.05 Å². The van der Waals surface area contributed by atoms with Gasteiger partial charge in [-0.1, -0.05) is 37.0 Å². The first-order valence-corrected chi connectivity index (χ1v) is 7.94. The number of benzene rings is 1. The number of sulfonamides is 1. The van der Waals surface area contributed by atoms with Gasteiger partial charge in [0.2, 0.25) is 10.0 Å². The van der Waals surface area contributed by atoms with Crippen LogP contribution in [0.5, 0.6) is 0 Å². The Labute approximate surface area is 128 Å². The van der Waals surface area contributed by atoms with Gasteiger partial charge in [0.15, 0.2) is 0 Å². The van der Waals surface area contributed by atoms with E-state index in [1.165, 1.54) is 25.2 Å². The van der Waals surface area contributed by atoms with Crippen LogP contribution in [0.2, 0.25) is 10.0 Å². The van der Waals surface area contributed by atoms with Gasteiger partial charge in [-0.25, -0.2) is 8.42 Å². The molecule has 0 amide bonds. The highest BCUT2D eigenvalue weighted by Crippen LogP contribution is 2.26. The van der Waals surface area contributed by atoms with E-state index in [2.05, 4.69) is 0 Å². The Balaban J connectivity index is 3.31. The summed E-state index contributed by atoms with van der Waals surface area (Å²) in [6, 6.07) is 2.70. The average Bonchev–Trinajstić information content (AvgIpc) is 2.26. The monoisotopic (exact) mass is 339 g/mol. The average molecular weight is 340 g/mol. The van der Waals surface area contributed by atoms with Gasteiger partial charge >= 0.3 is 5.97 Å². The smallest absolute Gasteiger partial charge is 0.322 e. The van der Waals surface area contributed by atoms with Gasteiger partial charge in [-0.3, -0.25) is 4.79 Å². The fourth-order valence-electron chi connectivity index (χ4n) is 1.85. The maximum Gasteiger partial charge on any atom is 0.322 e. The predicted molar refractivity (Wildman–Crippen MR) is 77.7 cm³/mol. The van der Waals surface area contributed by atoms with Crippen LogP contribution in [0, 0.1) is 5.92 Å². The van der Waals surface area contributed by atoms with E-state index in [1.54, 1.807) is 13.8 Å². The quantitative estimate of drug-likeness (QED) is 0.894. The van der Waals surface area contributed by atoms with Crippen LogP contribution in [-0.4, -0.2) is 36.9 Å². The van der Waals surface area contributed by atoms with Crippen LogP contribution in [-0.2, 0) is 14.8 Å². The van der Waals surface area contributed by atoms with E-state index in [9.17, 15) is 18.3 Å². The van der Waals surface area contributed by atoms with Gasteiger partial charge in [0.1, 0.15) is 6.04 Å². The van der Waals surface area contributed by atoms with E-state index in [0.29, 0.717) is 0 Å². The van der Waals surface area contributed by atoms with Gasteiger partial charge in [-0.15, -0.1) is 0 Å². The van der Waals surface area contributed by atoms with Crippen LogP contribution in [0.4, 0.5) is 0 Å². The summed E-state index contributed by atoms with van der Waals surface area (Å²) in [5, 5.41) is 9.51. The van der Waals surface area contributed by atoms with Gasteiger partial charge in [0.25, 0.3) is 0 Å². The number of carboxylic acids is 1. The van der Waals surface area contributed by atoms with Gasteiger partial charge in [0.05, 0.1) is 4.90 Å². The molecule has 0 saturated heterocycles. The Hall–Kier alpha value is -0.820. The van der Waals surface area contributed by atoms with Crippen molar-refractivity contribution in [3.05, 3.63) is 28.2 Å². The number of halogens is 2. The van der Waals surface area contributed by atoms with Crippen LogP contribution >= 0.6 is 23.2 Å². The largest absolute Gasteiger partial charge is 0.480 e. The molecular weight excluding hydrogens is 325 g/mol. The van der Waals surface area contributed by atoms with E-state index >= 15 is 0 Å². The molecule has 1 aromatic carbocycles. The maximum absolute atomic E-state index is 12.4. The molecule has 1 aromatic rings. The van der Waals surface area contributed by atoms with Gasteiger partial charge in [0, 0.05) is 17.1 Å². The number of likely N-dealkylation sites (N-methyl/N-ethyl adjacent to an activating group) is 1. The molecule has 0 unspecified atom stereocenters. The lowest BCUT2D eigenvalue weighted by molar-refractivity contribution is -0.142. The number of hydrogen-bond acceptors (Lipinski definition) is 3. The number of hydrogen-bond donors (Lipinski definition) is 1. The van der Waals surface area contributed by atoms with Crippen molar-refractivity contribution in [3.63, 3.8) is 0 Å². The van der Waals surface area contributed by atoms with Crippen LogP contribution in [0.1, 0.15) is 13.8 Å². The Morgan fingerprint density at radius 3 is 2.00 bits per heavy atom. The zero-order chi connectivity index (χ0) is 15.7. The van der Waals surface area contributed by atoms with Crippen LogP contribution in [0.15, 0.2) is 23.1 Å². The third kappa shape index (κ3) is 3.63. The summed E-state index contributed by atoms with van der Waals surface area (Å²) < 4.78 is 25.7. The summed E-state index contributed by atoms with van der Waals surface area (Å²) in [5.41, 5.74) is 0. The number of nitrogens with zero attached hydrogens (tertiary/aromatic N) is 1. The summed E-state index contributed by atoms with van der Waals surface area (Å²) in [6.45, 7) is 3.27. The molecule has 0 aromatic heterocycles. The topological polar surface area (TPSA) is 74.7 Å². The Morgan fingerprint density at radius 1 is 1.20 bits per heavy atom. The minimum Gasteiger partial charge on any atom is -0.480 e. The highest BCUT2D eigenvalue weighted by Gasteiger charge is 2.35. The summed E-state index contributed by atoms with van der Waals surface area (Å²) in [4.78, 5) is 11.1. The molecule has 0 aliphatic heterocycles. The van der Waals surface area contributed by atoms with Gasteiger partial charge in [-0.05, 0) is 24.1 Å². The zero-order valence-electron chi connectivity index (χ0n) is 11.2. The van der Waals surface area contributed by atoms with Crippen molar-refractivity contribution in [3.8, 4) is 0 Å². The molecular formula is C12H15Cl2NO4S. The van der Waals surface area contributed by atoms with Crippen molar-refractivity contribution in [2.45, 2.75) is 24.8 Å². The maximum atomic E-state index is 12.4. The van der Waals surface area contributed by atoms with Gasteiger partial charge < -0.3 is 5.11 Å². The summed E-state index contributed by atoms with van der Waals surface area (Å²) in [7, 11) is -2.76. The first-order valence-electron chi connectivity index (χ1n) is 5.74. The Morgan fingerprint density at radius 2 is 1.65 bits per heavy atom. The molecule has 0 saturated carbocycles. The summed E-state index contributed by atoms with van der Waals surface area (Å²) in [6.07, 6.45) is 0. The third-order valence-corrected chi connectivity index (χ3v) is 5.04. The fourth-order valence-corrected chi connectivity index (χ4v) is 4.03. The molecule has 0 fully saturated rings. The molecule has 0 aliphatic carbocycles. The van der Waals surface area contributed by atoms with Crippen LogP contribution < -0.4 is 0 Å². The van der Waals surface area contributed by atoms with E-state index in [1.807, 2.05) is 0 Å². The number of rotatable bonds is 5. The lowest BCUT2D eigenvalue weighted by Gasteiger charge is -2.27. The molecule has 0 spiro atoms. The standard InChI is InChI=1S/C12H15Cl2NO4S/c1-7(2)11(12(16)17)15(3)20(18,19)10-5-8(13)4-9(14)6-10/h4-7,11H,1-3H3,(H,16,17)/t11-/m0/s1. The molecule has 0 bridgehead atoms. The molecule has 20 heavy (non-hydrogen) atoms. The number of aliphatic carboxylic acids is 1. The first-order chi connectivity index (χ1) is 9.07.